The molecule has 0 radical (unpaired) electrons. The molecule has 0 aliphatic carbocycles. The molecule has 0 fully saturated rings. The number of hydrogen-bond acceptors (Lipinski definition) is 3. The lowest BCUT2D eigenvalue weighted by Crippen LogP contribution is -2.32. The highest BCUT2D eigenvalue weighted by Crippen LogP contribution is 2.18. The van der Waals surface area contributed by atoms with Crippen molar-refractivity contribution in [2.24, 2.45) is 5.92 Å². The van der Waals surface area contributed by atoms with Gasteiger partial charge in [0.2, 0.25) is 0 Å². The zero-order chi connectivity index (χ0) is 14.6. The number of rotatable bonds is 4. The van der Waals surface area contributed by atoms with Crippen molar-refractivity contribution in [1.29, 1.82) is 0 Å². The average Bonchev–Trinajstić information content (AvgIpc) is 2.70. The average molecular weight is 267 g/mol. The Morgan fingerprint density at radius 3 is 2.58 bits per heavy atom. The molecule has 5 heteroatoms. The second kappa shape index (κ2) is 6.08. The van der Waals surface area contributed by atoms with E-state index in [0.717, 1.165) is 5.69 Å². The van der Waals surface area contributed by atoms with E-state index in [2.05, 4.69) is 35.6 Å². The number of nitrogens with one attached hydrogen (secondary N) is 1. The summed E-state index contributed by atoms with van der Waals surface area (Å²) in [7, 11) is 0. The van der Waals surface area contributed by atoms with Crippen molar-refractivity contribution in [3.05, 3.63) is 18.2 Å². The van der Waals surface area contributed by atoms with Crippen LogP contribution in [0.4, 0.5) is 4.79 Å². The van der Waals surface area contributed by atoms with Crippen molar-refractivity contribution in [3.8, 4) is 0 Å². The maximum absolute atomic E-state index is 11.6. The molecule has 0 aliphatic heterocycles. The Morgan fingerprint density at radius 2 is 2.05 bits per heavy atom. The first kappa shape index (κ1) is 15.5. The summed E-state index contributed by atoms with van der Waals surface area (Å²) in [6.45, 7) is 12.4. The van der Waals surface area contributed by atoms with Gasteiger partial charge in [0.1, 0.15) is 5.60 Å². The fourth-order valence-corrected chi connectivity index (χ4v) is 1.63. The van der Waals surface area contributed by atoms with Gasteiger partial charge in [-0.15, -0.1) is 0 Å². The monoisotopic (exact) mass is 267 g/mol. The van der Waals surface area contributed by atoms with Crippen LogP contribution in [0.25, 0.3) is 0 Å². The first-order valence-electron chi connectivity index (χ1n) is 6.68. The maximum Gasteiger partial charge on any atom is 0.407 e. The standard InChI is InChI=1S/C14H25N3O2/c1-10(2)11(3)17-9-15-7-12(17)8-16-13(18)19-14(4,5)6/h7,9-11H,8H2,1-6H3,(H,16,18). The Morgan fingerprint density at radius 1 is 1.42 bits per heavy atom. The third-order valence-electron chi connectivity index (χ3n) is 2.96. The number of amides is 1. The molecular weight excluding hydrogens is 242 g/mol. The number of carbonyl (C=O) groups excluding carboxylic acids is 1. The molecule has 0 bridgehead atoms. The lowest BCUT2D eigenvalue weighted by atomic mass is 10.1. The molecule has 1 aromatic heterocycles. The third kappa shape index (κ3) is 4.93. The topological polar surface area (TPSA) is 56.2 Å². The summed E-state index contributed by atoms with van der Waals surface area (Å²) >= 11 is 0. The van der Waals surface area contributed by atoms with Gasteiger partial charge in [-0.2, -0.15) is 0 Å². The minimum Gasteiger partial charge on any atom is -0.444 e. The number of carbonyl (C=O) groups is 1. The number of nitrogens with zero attached hydrogens (tertiary/aromatic N) is 2. The highest BCUT2D eigenvalue weighted by Gasteiger charge is 2.17. The van der Waals surface area contributed by atoms with Crippen LogP contribution in [0.5, 0.6) is 0 Å². The highest BCUT2D eigenvalue weighted by atomic mass is 16.6. The predicted octanol–water partition coefficient (Wildman–Crippen LogP) is 3.12. The van der Waals surface area contributed by atoms with Gasteiger partial charge in [-0.3, -0.25) is 0 Å². The van der Waals surface area contributed by atoms with Crippen LogP contribution in [0.2, 0.25) is 0 Å². The van der Waals surface area contributed by atoms with E-state index in [4.69, 9.17) is 4.74 Å². The van der Waals surface area contributed by atoms with Crippen LogP contribution in [0.15, 0.2) is 12.5 Å². The Balaban J connectivity index is 2.59. The molecule has 0 aliphatic rings. The molecule has 19 heavy (non-hydrogen) atoms. The fraction of sp³-hybridized carbons (Fsp3) is 0.714. The summed E-state index contributed by atoms with van der Waals surface area (Å²) in [5.74, 6) is 0.509. The van der Waals surface area contributed by atoms with Crippen molar-refractivity contribution in [3.63, 3.8) is 0 Å². The van der Waals surface area contributed by atoms with Crippen molar-refractivity contribution in [1.82, 2.24) is 14.9 Å². The molecular formula is C14H25N3O2. The molecule has 0 saturated heterocycles. The Bertz CT molecular complexity index is 419. The van der Waals surface area contributed by atoms with Crippen LogP contribution < -0.4 is 5.32 Å². The van der Waals surface area contributed by atoms with Crippen LogP contribution in [0, 0.1) is 5.92 Å². The Kier molecular flexibility index (Phi) is 4.97. The van der Waals surface area contributed by atoms with Crippen LogP contribution in [-0.2, 0) is 11.3 Å². The molecule has 0 saturated carbocycles. The molecule has 1 atom stereocenters. The van der Waals surface area contributed by atoms with Gasteiger partial charge in [0.25, 0.3) is 0 Å². The lowest BCUT2D eigenvalue weighted by Gasteiger charge is -2.22. The lowest BCUT2D eigenvalue weighted by molar-refractivity contribution is 0.0522. The van der Waals surface area contributed by atoms with Crippen LogP contribution in [0.1, 0.15) is 53.3 Å². The van der Waals surface area contributed by atoms with E-state index in [-0.39, 0.29) is 0 Å². The first-order valence-corrected chi connectivity index (χ1v) is 6.68. The zero-order valence-corrected chi connectivity index (χ0v) is 12.7. The summed E-state index contributed by atoms with van der Waals surface area (Å²) in [6.07, 6.45) is 3.17. The summed E-state index contributed by atoms with van der Waals surface area (Å²) in [6, 6.07) is 0.345. The Labute approximate surface area is 115 Å². The van der Waals surface area contributed by atoms with E-state index in [1.54, 1.807) is 12.5 Å². The minimum atomic E-state index is -0.477. The second-order valence-corrected chi connectivity index (χ2v) is 6.13. The smallest absolute Gasteiger partial charge is 0.407 e. The summed E-state index contributed by atoms with van der Waals surface area (Å²) in [5, 5.41) is 2.75. The molecule has 5 nitrogen and oxygen atoms in total. The van der Waals surface area contributed by atoms with Crippen LogP contribution in [0.3, 0.4) is 0 Å². The van der Waals surface area contributed by atoms with E-state index < -0.39 is 11.7 Å². The molecule has 1 amide bonds. The van der Waals surface area contributed by atoms with Gasteiger partial charge in [0, 0.05) is 12.2 Å². The number of aromatic nitrogens is 2. The number of ether oxygens (including phenoxy) is 1. The molecule has 1 heterocycles. The van der Waals surface area contributed by atoms with E-state index >= 15 is 0 Å². The van der Waals surface area contributed by atoms with Gasteiger partial charge in [-0.05, 0) is 33.6 Å². The summed E-state index contributed by atoms with van der Waals surface area (Å²) < 4.78 is 7.29. The summed E-state index contributed by atoms with van der Waals surface area (Å²) in [4.78, 5) is 15.8. The third-order valence-corrected chi connectivity index (χ3v) is 2.96. The van der Waals surface area contributed by atoms with Crippen molar-refractivity contribution in [2.75, 3.05) is 0 Å². The minimum absolute atomic E-state index is 0.345. The van der Waals surface area contributed by atoms with Crippen molar-refractivity contribution >= 4 is 6.09 Å². The SMILES string of the molecule is CC(C)C(C)n1cncc1CNC(=O)OC(C)(C)C. The van der Waals surface area contributed by atoms with E-state index in [9.17, 15) is 4.79 Å². The molecule has 1 aromatic rings. The highest BCUT2D eigenvalue weighted by molar-refractivity contribution is 5.67. The number of alkyl carbamates (subject to hydrolysis) is 1. The van der Waals surface area contributed by atoms with Crippen LogP contribution in [-0.4, -0.2) is 21.2 Å². The normalized spacial score (nSPS) is 13.4. The zero-order valence-electron chi connectivity index (χ0n) is 12.7. The number of hydrogen-bond donors (Lipinski definition) is 1. The van der Waals surface area contributed by atoms with E-state index in [1.807, 2.05) is 20.8 Å². The van der Waals surface area contributed by atoms with Gasteiger partial charge < -0.3 is 14.6 Å². The molecule has 0 aromatic carbocycles. The number of imidazole rings is 1. The van der Waals surface area contributed by atoms with Gasteiger partial charge in [0.15, 0.2) is 0 Å². The van der Waals surface area contributed by atoms with Gasteiger partial charge in [-0.25, -0.2) is 9.78 Å². The molecule has 1 rings (SSSR count). The molecule has 1 unspecified atom stereocenters. The maximum atomic E-state index is 11.6. The molecule has 1 N–H and O–H groups in total. The van der Waals surface area contributed by atoms with Gasteiger partial charge in [0.05, 0.1) is 18.6 Å². The van der Waals surface area contributed by atoms with Crippen molar-refractivity contribution < 1.29 is 9.53 Å². The first-order chi connectivity index (χ1) is 8.70. The predicted molar refractivity (Wildman–Crippen MR) is 74.8 cm³/mol. The Hall–Kier alpha value is -1.52. The van der Waals surface area contributed by atoms with Gasteiger partial charge >= 0.3 is 6.09 Å². The summed E-state index contributed by atoms with van der Waals surface area (Å²) in [5.41, 5.74) is 0.502. The van der Waals surface area contributed by atoms with Crippen molar-refractivity contribution in [2.45, 2.75) is 59.7 Å². The van der Waals surface area contributed by atoms with E-state index in [1.165, 1.54) is 0 Å². The van der Waals surface area contributed by atoms with Crippen LogP contribution >= 0.6 is 0 Å². The second-order valence-electron chi connectivity index (χ2n) is 6.13. The van der Waals surface area contributed by atoms with E-state index in [0.29, 0.717) is 18.5 Å². The largest absolute Gasteiger partial charge is 0.444 e. The van der Waals surface area contributed by atoms with Gasteiger partial charge in [-0.1, -0.05) is 13.8 Å². The quantitative estimate of drug-likeness (QED) is 0.911. The molecule has 108 valence electrons. The fourth-order valence-electron chi connectivity index (χ4n) is 1.63. The molecule has 0 spiro atoms.